The summed E-state index contributed by atoms with van der Waals surface area (Å²) in [5.74, 6) is -0.0425. The van der Waals surface area contributed by atoms with Crippen LogP contribution in [0.3, 0.4) is 0 Å². The molecule has 1 aliphatic rings. The van der Waals surface area contributed by atoms with Crippen molar-refractivity contribution in [2.24, 2.45) is 0 Å². The molecule has 30 heavy (non-hydrogen) atoms. The molecule has 4 aromatic carbocycles. The van der Waals surface area contributed by atoms with Crippen molar-refractivity contribution in [3.63, 3.8) is 0 Å². The molecule has 0 spiro atoms. The summed E-state index contributed by atoms with van der Waals surface area (Å²) in [6.07, 6.45) is 0. The number of anilines is 2. The van der Waals surface area contributed by atoms with Crippen molar-refractivity contribution >= 4 is 17.2 Å². The standard InChI is InChI=1S/C26H20N2O2/c29-23-17-9-15-21-24(23)26(27-18-10-3-1-4-11-18,28-19-12-5-2-6-13-19)22-16-8-7-14-20(22)25(21)30/h1-17,27-29H. The van der Waals surface area contributed by atoms with Gasteiger partial charge in [-0.15, -0.1) is 0 Å². The Labute approximate surface area is 174 Å². The summed E-state index contributed by atoms with van der Waals surface area (Å²) < 4.78 is 0. The molecule has 0 unspecified atom stereocenters. The normalized spacial score (nSPS) is 13.8. The molecule has 3 N–H and O–H groups in total. The molecule has 4 heteroatoms. The summed E-state index contributed by atoms with van der Waals surface area (Å²) in [6.45, 7) is 0. The fourth-order valence-electron chi connectivity index (χ4n) is 4.18. The maximum atomic E-state index is 13.3. The number of nitrogens with one attached hydrogen (secondary N) is 2. The van der Waals surface area contributed by atoms with Gasteiger partial charge in [0, 0.05) is 28.1 Å². The van der Waals surface area contributed by atoms with E-state index >= 15 is 0 Å². The molecule has 0 aromatic heterocycles. The molecule has 1 aliphatic carbocycles. The second kappa shape index (κ2) is 7.08. The van der Waals surface area contributed by atoms with Crippen LogP contribution in [0.1, 0.15) is 27.0 Å². The summed E-state index contributed by atoms with van der Waals surface area (Å²) in [5, 5.41) is 18.1. The minimum absolute atomic E-state index is 0.0576. The Morgan fingerprint density at radius 1 is 0.600 bits per heavy atom. The molecule has 0 aliphatic heterocycles. The average Bonchev–Trinajstić information content (AvgIpc) is 2.79. The van der Waals surface area contributed by atoms with Gasteiger partial charge in [-0.3, -0.25) is 4.79 Å². The summed E-state index contributed by atoms with van der Waals surface area (Å²) in [7, 11) is 0. The number of phenols is 1. The maximum absolute atomic E-state index is 13.3. The van der Waals surface area contributed by atoms with Gasteiger partial charge in [-0.2, -0.15) is 0 Å². The molecule has 0 radical (unpaired) electrons. The van der Waals surface area contributed by atoms with Crippen LogP contribution < -0.4 is 10.6 Å². The zero-order valence-corrected chi connectivity index (χ0v) is 16.2. The lowest BCUT2D eigenvalue weighted by molar-refractivity contribution is 0.103. The molecule has 4 nitrogen and oxygen atoms in total. The predicted molar refractivity (Wildman–Crippen MR) is 119 cm³/mol. The first kappa shape index (κ1) is 18.0. The molecule has 0 saturated heterocycles. The van der Waals surface area contributed by atoms with Crippen molar-refractivity contribution in [2.75, 3.05) is 10.6 Å². The molecule has 4 aromatic rings. The Morgan fingerprint density at radius 3 is 1.77 bits per heavy atom. The number of hydrogen-bond donors (Lipinski definition) is 3. The van der Waals surface area contributed by atoms with Crippen LogP contribution in [0.2, 0.25) is 0 Å². The number of fused-ring (bicyclic) bond motifs is 2. The molecule has 5 rings (SSSR count). The highest BCUT2D eigenvalue weighted by Crippen LogP contribution is 2.46. The molecular formula is C26H20N2O2. The van der Waals surface area contributed by atoms with Gasteiger partial charge in [0.25, 0.3) is 0 Å². The zero-order chi connectivity index (χ0) is 20.6. The summed E-state index contributed by atoms with van der Waals surface area (Å²) in [6, 6.07) is 32.2. The van der Waals surface area contributed by atoms with Crippen LogP contribution >= 0.6 is 0 Å². The number of rotatable bonds is 4. The summed E-state index contributed by atoms with van der Waals surface area (Å²) in [4.78, 5) is 13.3. The third-order valence-electron chi connectivity index (χ3n) is 5.45. The molecular weight excluding hydrogens is 372 g/mol. The molecule has 0 atom stereocenters. The number of carbonyl (C=O) groups excluding carboxylic acids is 1. The van der Waals surface area contributed by atoms with Crippen LogP contribution in [0.25, 0.3) is 0 Å². The van der Waals surface area contributed by atoms with E-state index in [9.17, 15) is 9.90 Å². The number of phenolic OH excluding ortho intramolecular Hbond substituents is 1. The van der Waals surface area contributed by atoms with Gasteiger partial charge in [-0.1, -0.05) is 72.8 Å². The van der Waals surface area contributed by atoms with Crippen LogP contribution in [0.5, 0.6) is 5.75 Å². The van der Waals surface area contributed by atoms with Crippen LogP contribution in [-0.2, 0) is 5.66 Å². The van der Waals surface area contributed by atoms with Gasteiger partial charge in [-0.05, 0) is 30.3 Å². The van der Waals surface area contributed by atoms with Gasteiger partial charge < -0.3 is 15.7 Å². The number of para-hydroxylation sites is 2. The Balaban J connectivity index is 1.83. The van der Waals surface area contributed by atoms with Crippen molar-refractivity contribution in [1.29, 1.82) is 0 Å². The van der Waals surface area contributed by atoms with Crippen LogP contribution in [0.4, 0.5) is 11.4 Å². The quantitative estimate of drug-likeness (QED) is 0.409. The second-order valence-corrected chi connectivity index (χ2v) is 7.31. The molecule has 0 fully saturated rings. The average molecular weight is 392 g/mol. The Bertz CT molecular complexity index is 1180. The largest absolute Gasteiger partial charge is 0.507 e. The SMILES string of the molecule is O=C1c2ccccc2C(Nc2ccccc2)(Nc2ccccc2)c2c(O)cccc21. The van der Waals surface area contributed by atoms with Gasteiger partial charge >= 0.3 is 0 Å². The van der Waals surface area contributed by atoms with Gasteiger partial charge in [0.2, 0.25) is 0 Å². The second-order valence-electron chi connectivity index (χ2n) is 7.31. The van der Waals surface area contributed by atoms with E-state index in [1.807, 2.05) is 84.9 Å². The third-order valence-corrected chi connectivity index (χ3v) is 5.45. The topological polar surface area (TPSA) is 61.4 Å². The smallest absolute Gasteiger partial charge is 0.194 e. The Kier molecular flexibility index (Phi) is 4.25. The van der Waals surface area contributed by atoms with Gasteiger partial charge in [0.05, 0.1) is 5.56 Å². The van der Waals surface area contributed by atoms with E-state index in [0.29, 0.717) is 16.7 Å². The maximum Gasteiger partial charge on any atom is 0.194 e. The van der Waals surface area contributed by atoms with Gasteiger partial charge in [-0.25, -0.2) is 0 Å². The Morgan fingerprint density at radius 2 is 1.13 bits per heavy atom. The van der Waals surface area contributed by atoms with E-state index in [1.165, 1.54) is 0 Å². The minimum Gasteiger partial charge on any atom is -0.507 e. The fraction of sp³-hybridized carbons (Fsp3) is 0.0385. The lowest BCUT2D eigenvalue weighted by Crippen LogP contribution is -2.48. The first-order valence-corrected chi connectivity index (χ1v) is 9.82. The van der Waals surface area contributed by atoms with E-state index in [-0.39, 0.29) is 11.5 Å². The highest BCUT2D eigenvalue weighted by molar-refractivity contribution is 6.14. The number of benzene rings is 4. The monoisotopic (exact) mass is 392 g/mol. The minimum atomic E-state index is -1.05. The van der Waals surface area contributed by atoms with E-state index in [0.717, 1.165) is 16.9 Å². The van der Waals surface area contributed by atoms with E-state index < -0.39 is 5.66 Å². The summed E-state index contributed by atoms with van der Waals surface area (Å²) >= 11 is 0. The molecule has 0 saturated carbocycles. The number of hydrogen-bond acceptors (Lipinski definition) is 4. The van der Waals surface area contributed by atoms with Gasteiger partial charge in [0.1, 0.15) is 5.75 Å². The number of carbonyl (C=O) groups is 1. The zero-order valence-electron chi connectivity index (χ0n) is 16.2. The van der Waals surface area contributed by atoms with Crippen LogP contribution in [0.15, 0.2) is 103 Å². The summed E-state index contributed by atoms with van der Waals surface area (Å²) in [5.41, 5.74) is 3.02. The van der Waals surface area contributed by atoms with Crippen molar-refractivity contribution in [3.8, 4) is 5.75 Å². The highest BCUT2D eigenvalue weighted by atomic mass is 16.3. The lowest BCUT2D eigenvalue weighted by atomic mass is 9.76. The molecule has 0 bridgehead atoms. The first-order chi connectivity index (χ1) is 14.7. The van der Waals surface area contributed by atoms with E-state index in [2.05, 4.69) is 10.6 Å². The van der Waals surface area contributed by atoms with Crippen molar-refractivity contribution in [1.82, 2.24) is 0 Å². The molecule has 0 amide bonds. The van der Waals surface area contributed by atoms with Crippen molar-refractivity contribution in [3.05, 3.63) is 125 Å². The van der Waals surface area contributed by atoms with E-state index in [1.54, 1.807) is 18.2 Å². The number of aromatic hydroxyl groups is 1. The predicted octanol–water partition coefficient (Wildman–Crippen LogP) is 5.36. The number of ketones is 1. The lowest BCUT2D eigenvalue weighted by Gasteiger charge is -2.43. The highest BCUT2D eigenvalue weighted by Gasteiger charge is 2.46. The first-order valence-electron chi connectivity index (χ1n) is 9.82. The van der Waals surface area contributed by atoms with Crippen molar-refractivity contribution in [2.45, 2.75) is 5.66 Å². The molecule has 0 heterocycles. The molecule has 146 valence electrons. The van der Waals surface area contributed by atoms with E-state index in [4.69, 9.17) is 0 Å². The van der Waals surface area contributed by atoms with Crippen LogP contribution in [-0.4, -0.2) is 10.9 Å². The van der Waals surface area contributed by atoms with Gasteiger partial charge in [0.15, 0.2) is 11.4 Å². The van der Waals surface area contributed by atoms with Crippen LogP contribution in [0, 0.1) is 0 Å². The Hall–Kier alpha value is -4.05. The third kappa shape index (κ3) is 2.81. The van der Waals surface area contributed by atoms with Crippen molar-refractivity contribution < 1.29 is 9.90 Å². The fourth-order valence-corrected chi connectivity index (χ4v) is 4.18.